The van der Waals surface area contributed by atoms with E-state index in [4.69, 9.17) is 0 Å². The molecule has 1 aliphatic rings. The molecular formula is C25H28N4O4S. The molecule has 4 rings (SSSR count). The Bertz CT molecular complexity index is 1250. The summed E-state index contributed by atoms with van der Waals surface area (Å²) in [4.78, 5) is 27.2. The Morgan fingerprint density at radius 2 is 1.68 bits per heavy atom. The van der Waals surface area contributed by atoms with Crippen LogP contribution >= 0.6 is 0 Å². The van der Waals surface area contributed by atoms with Gasteiger partial charge in [0.2, 0.25) is 0 Å². The summed E-state index contributed by atoms with van der Waals surface area (Å²) in [5, 5.41) is 6.96. The number of rotatable bonds is 7. The van der Waals surface area contributed by atoms with Crippen LogP contribution in [0.15, 0.2) is 71.9 Å². The van der Waals surface area contributed by atoms with Gasteiger partial charge in [-0.3, -0.25) is 14.3 Å². The van der Waals surface area contributed by atoms with E-state index in [1.807, 2.05) is 4.90 Å². The van der Waals surface area contributed by atoms with Crippen molar-refractivity contribution < 1.29 is 18.0 Å². The van der Waals surface area contributed by atoms with Crippen LogP contribution in [0.25, 0.3) is 0 Å². The Balaban J connectivity index is 1.27. The van der Waals surface area contributed by atoms with Crippen LogP contribution in [0.1, 0.15) is 39.1 Å². The van der Waals surface area contributed by atoms with Crippen LogP contribution in [0.4, 0.5) is 0 Å². The number of amides is 2. The molecule has 1 fully saturated rings. The third-order valence-corrected chi connectivity index (χ3v) is 7.78. The SMILES string of the molecule is Cn1cc(C(=O)NCC2CCN(C(=O)c3ccc(CS(=O)(=O)c4ccccc4)cc3)CC2)cn1. The summed E-state index contributed by atoms with van der Waals surface area (Å²) in [7, 11) is -1.66. The Kier molecular flexibility index (Phi) is 7.12. The van der Waals surface area contributed by atoms with Gasteiger partial charge >= 0.3 is 0 Å². The number of aromatic nitrogens is 2. The lowest BCUT2D eigenvalue weighted by atomic mass is 9.96. The number of carbonyl (C=O) groups excluding carboxylic acids is 2. The van der Waals surface area contributed by atoms with Gasteiger partial charge in [0.05, 0.1) is 22.4 Å². The number of likely N-dealkylation sites (tertiary alicyclic amines) is 1. The summed E-state index contributed by atoms with van der Waals surface area (Å²) < 4.78 is 26.7. The predicted octanol–water partition coefficient (Wildman–Crippen LogP) is 2.68. The zero-order chi connectivity index (χ0) is 24.1. The highest BCUT2D eigenvalue weighted by atomic mass is 32.2. The minimum atomic E-state index is -3.43. The predicted molar refractivity (Wildman–Crippen MR) is 128 cm³/mol. The largest absolute Gasteiger partial charge is 0.352 e. The molecular weight excluding hydrogens is 452 g/mol. The summed E-state index contributed by atoms with van der Waals surface area (Å²) in [6.45, 7) is 1.81. The number of nitrogens with zero attached hydrogens (tertiary/aromatic N) is 3. The quantitative estimate of drug-likeness (QED) is 0.560. The maximum atomic E-state index is 12.9. The highest BCUT2D eigenvalue weighted by Gasteiger charge is 2.24. The maximum Gasteiger partial charge on any atom is 0.254 e. The average Bonchev–Trinajstić information content (AvgIpc) is 3.29. The van der Waals surface area contributed by atoms with Gasteiger partial charge in [-0.2, -0.15) is 5.10 Å². The average molecular weight is 481 g/mol. The molecule has 0 unspecified atom stereocenters. The molecule has 0 spiro atoms. The molecule has 1 saturated heterocycles. The normalized spacial score (nSPS) is 14.7. The van der Waals surface area contributed by atoms with Gasteiger partial charge in [0.25, 0.3) is 11.8 Å². The molecule has 0 radical (unpaired) electrons. The van der Waals surface area contributed by atoms with Crippen molar-refractivity contribution in [1.82, 2.24) is 20.0 Å². The smallest absolute Gasteiger partial charge is 0.254 e. The van der Waals surface area contributed by atoms with E-state index < -0.39 is 9.84 Å². The van der Waals surface area contributed by atoms with Crippen LogP contribution in [-0.4, -0.2) is 54.5 Å². The van der Waals surface area contributed by atoms with Gasteiger partial charge < -0.3 is 10.2 Å². The highest BCUT2D eigenvalue weighted by molar-refractivity contribution is 7.90. The molecule has 2 amide bonds. The summed E-state index contributed by atoms with van der Waals surface area (Å²) in [6, 6.07) is 15.1. The molecule has 3 aromatic rings. The van der Waals surface area contributed by atoms with Crippen LogP contribution in [-0.2, 0) is 22.6 Å². The topological polar surface area (TPSA) is 101 Å². The van der Waals surface area contributed by atoms with Crippen molar-refractivity contribution in [2.75, 3.05) is 19.6 Å². The molecule has 9 heteroatoms. The maximum absolute atomic E-state index is 12.9. The van der Waals surface area contributed by atoms with Crippen molar-refractivity contribution in [2.45, 2.75) is 23.5 Å². The molecule has 34 heavy (non-hydrogen) atoms. The standard InChI is InChI=1S/C25H28N4O4S/c1-28-17-22(16-27-28)24(30)26-15-19-11-13-29(14-12-19)25(31)21-9-7-20(8-10-21)18-34(32,33)23-5-3-2-4-6-23/h2-10,16-17,19H,11-15,18H2,1H3,(H,26,30). The first kappa shape index (κ1) is 23.7. The fraction of sp³-hybridized carbons (Fsp3) is 0.320. The summed E-state index contributed by atoms with van der Waals surface area (Å²) in [5.41, 5.74) is 1.72. The van der Waals surface area contributed by atoms with E-state index in [9.17, 15) is 18.0 Å². The number of hydrogen-bond acceptors (Lipinski definition) is 5. The van der Waals surface area contributed by atoms with E-state index in [0.29, 0.717) is 42.2 Å². The summed E-state index contributed by atoms with van der Waals surface area (Å²) in [6.07, 6.45) is 4.84. The Hall–Kier alpha value is -3.46. The molecule has 178 valence electrons. The first-order chi connectivity index (χ1) is 16.3. The fourth-order valence-electron chi connectivity index (χ4n) is 4.07. The van der Waals surface area contributed by atoms with Crippen molar-refractivity contribution >= 4 is 21.7 Å². The number of sulfone groups is 1. The van der Waals surface area contributed by atoms with E-state index >= 15 is 0 Å². The molecule has 8 nitrogen and oxygen atoms in total. The molecule has 0 saturated carbocycles. The van der Waals surface area contributed by atoms with Crippen LogP contribution in [0.3, 0.4) is 0 Å². The third kappa shape index (κ3) is 5.72. The Morgan fingerprint density at radius 3 is 2.29 bits per heavy atom. The number of carbonyl (C=O) groups is 2. The zero-order valence-electron chi connectivity index (χ0n) is 19.1. The van der Waals surface area contributed by atoms with Gasteiger partial charge in [-0.05, 0) is 48.6 Å². The molecule has 0 bridgehead atoms. The monoisotopic (exact) mass is 480 g/mol. The van der Waals surface area contributed by atoms with E-state index in [1.54, 1.807) is 78.7 Å². The van der Waals surface area contributed by atoms with Crippen LogP contribution in [0.5, 0.6) is 0 Å². The Morgan fingerprint density at radius 1 is 1.00 bits per heavy atom. The van der Waals surface area contributed by atoms with Crippen molar-refractivity contribution in [1.29, 1.82) is 0 Å². The number of benzene rings is 2. The molecule has 0 aliphatic carbocycles. The lowest BCUT2D eigenvalue weighted by molar-refractivity contribution is 0.0684. The van der Waals surface area contributed by atoms with Crippen molar-refractivity contribution in [3.63, 3.8) is 0 Å². The number of aryl methyl sites for hydroxylation is 1. The summed E-state index contributed by atoms with van der Waals surface area (Å²) >= 11 is 0. The minimum absolute atomic E-state index is 0.0599. The van der Waals surface area contributed by atoms with Crippen molar-refractivity contribution in [3.8, 4) is 0 Å². The van der Waals surface area contributed by atoms with Crippen molar-refractivity contribution in [2.24, 2.45) is 13.0 Å². The number of hydrogen-bond donors (Lipinski definition) is 1. The second-order valence-corrected chi connectivity index (χ2v) is 10.6. The van der Waals surface area contributed by atoms with E-state index in [1.165, 1.54) is 0 Å². The van der Waals surface area contributed by atoms with E-state index in [2.05, 4.69) is 10.4 Å². The van der Waals surface area contributed by atoms with Gasteiger partial charge in [-0.15, -0.1) is 0 Å². The second kappa shape index (κ2) is 10.2. The minimum Gasteiger partial charge on any atom is -0.352 e. The summed E-state index contributed by atoms with van der Waals surface area (Å²) in [5.74, 6) is 0.00767. The zero-order valence-corrected chi connectivity index (χ0v) is 19.9. The first-order valence-corrected chi connectivity index (χ1v) is 12.9. The molecule has 0 atom stereocenters. The van der Waals surface area contributed by atoms with E-state index in [-0.39, 0.29) is 22.5 Å². The third-order valence-electron chi connectivity index (χ3n) is 6.08. The molecule has 2 heterocycles. The van der Waals surface area contributed by atoms with Gasteiger partial charge in [0, 0.05) is 38.4 Å². The highest BCUT2D eigenvalue weighted by Crippen LogP contribution is 2.20. The molecule has 1 aliphatic heterocycles. The molecule has 1 N–H and O–H groups in total. The molecule has 1 aromatic heterocycles. The fourth-order valence-corrected chi connectivity index (χ4v) is 5.44. The van der Waals surface area contributed by atoms with Gasteiger partial charge in [0.15, 0.2) is 9.84 Å². The van der Waals surface area contributed by atoms with Crippen molar-refractivity contribution in [3.05, 3.63) is 83.7 Å². The second-order valence-electron chi connectivity index (χ2n) is 8.62. The Labute approximate surface area is 199 Å². The van der Waals surface area contributed by atoms with Gasteiger partial charge in [0.1, 0.15) is 0 Å². The lowest BCUT2D eigenvalue weighted by Crippen LogP contribution is -2.41. The lowest BCUT2D eigenvalue weighted by Gasteiger charge is -2.32. The van der Waals surface area contributed by atoms with Crippen LogP contribution in [0.2, 0.25) is 0 Å². The molecule has 2 aromatic carbocycles. The van der Waals surface area contributed by atoms with E-state index in [0.717, 1.165) is 12.8 Å². The van der Waals surface area contributed by atoms with Crippen LogP contribution < -0.4 is 5.32 Å². The van der Waals surface area contributed by atoms with Gasteiger partial charge in [-0.25, -0.2) is 8.42 Å². The number of piperidine rings is 1. The van der Waals surface area contributed by atoms with Crippen LogP contribution in [0, 0.1) is 5.92 Å². The first-order valence-electron chi connectivity index (χ1n) is 11.2. The number of nitrogens with one attached hydrogen (secondary N) is 1. The van der Waals surface area contributed by atoms with Gasteiger partial charge in [-0.1, -0.05) is 30.3 Å².